The lowest BCUT2D eigenvalue weighted by molar-refractivity contribution is 0.205. The number of aromatic nitrogens is 2. The van der Waals surface area contributed by atoms with Gasteiger partial charge in [0.05, 0.1) is 12.3 Å². The molecule has 78 valence electrons. The number of aliphatic hydroxyl groups is 1. The Labute approximate surface area is 88.8 Å². The molecule has 1 aliphatic carbocycles. The van der Waals surface area contributed by atoms with Crippen molar-refractivity contribution in [3.63, 3.8) is 0 Å². The molecule has 1 aromatic heterocycles. The standard InChI is InChI=1S/C10H16N2OS/c1-7(8-3-2-4-8)12-9(6-13)5-11-10(12)14/h5,7-8,13H,2-4,6H2,1H3,(H,11,14). The number of nitrogens with zero attached hydrogens (tertiary/aromatic N) is 1. The third-order valence-electron chi connectivity index (χ3n) is 3.29. The van der Waals surface area contributed by atoms with Gasteiger partial charge in [0.15, 0.2) is 4.77 Å². The van der Waals surface area contributed by atoms with Gasteiger partial charge in [0.25, 0.3) is 0 Å². The molecule has 14 heavy (non-hydrogen) atoms. The number of hydrogen-bond acceptors (Lipinski definition) is 2. The highest BCUT2D eigenvalue weighted by atomic mass is 32.1. The molecular formula is C10H16N2OS. The van der Waals surface area contributed by atoms with Gasteiger partial charge in [-0.25, -0.2) is 0 Å². The van der Waals surface area contributed by atoms with Gasteiger partial charge in [-0.15, -0.1) is 0 Å². The van der Waals surface area contributed by atoms with Crippen molar-refractivity contribution in [2.24, 2.45) is 5.92 Å². The Morgan fingerprint density at radius 2 is 2.43 bits per heavy atom. The van der Waals surface area contributed by atoms with Crippen molar-refractivity contribution >= 4 is 12.2 Å². The van der Waals surface area contributed by atoms with Gasteiger partial charge in [-0.05, 0) is 37.9 Å². The van der Waals surface area contributed by atoms with Crippen LogP contribution in [0.5, 0.6) is 0 Å². The zero-order valence-electron chi connectivity index (χ0n) is 8.36. The molecule has 2 N–H and O–H groups in total. The first kappa shape index (κ1) is 9.93. The summed E-state index contributed by atoms with van der Waals surface area (Å²) >= 11 is 5.20. The molecule has 0 aromatic carbocycles. The molecule has 0 aliphatic heterocycles. The Bertz CT molecular complexity index is 364. The summed E-state index contributed by atoms with van der Waals surface area (Å²) in [6, 6.07) is 0.421. The van der Waals surface area contributed by atoms with E-state index < -0.39 is 0 Å². The second kappa shape index (κ2) is 3.87. The molecule has 1 fully saturated rings. The van der Waals surface area contributed by atoms with Gasteiger partial charge in [0.2, 0.25) is 0 Å². The van der Waals surface area contributed by atoms with E-state index in [1.165, 1.54) is 19.3 Å². The van der Waals surface area contributed by atoms with Gasteiger partial charge in [-0.3, -0.25) is 0 Å². The zero-order valence-corrected chi connectivity index (χ0v) is 9.18. The molecule has 1 unspecified atom stereocenters. The van der Waals surface area contributed by atoms with Crippen LogP contribution in [0.15, 0.2) is 6.20 Å². The molecule has 2 rings (SSSR count). The lowest BCUT2D eigenvalue weighted by atomic mass is 9.80. The fourth-order valence-corrected chi connectivity index (χ4v) is 2.46. The molecule has 3 nitrogen and oxygen atoms in total. The van der Waals surface area contributed by atoms with E-state index in [4.69, 9.17) is 17.3 Å². The van der Waals surface area contributed by atoms with Crippen molar-refractivity contribution in [1.29, 1.82) is 0 Å². The van der Waals surface area contributed by atoms with E-state index in [2.05, 4.69) is 16.5 Å². The highest BCUT2D eigenvalue weighted by Gasteiger charge is 2.26. The van der Waals surface area contributed by atoms with Gasteiger partial charge < -0.3 is 14.7 Å². The van der Waals surface area contributed by atoms with E-state index in [1.807, 2.05) is 0 Å². The van der Waals surface area contributed by atoms with Crippen LogP contribution in [0.4, 0.5) is 0 Å². The molecule has 1 aliphatic rings. The van der Waals surface area contributed by atoms with Crippen LogP contribution < -0.4 is 0 Å². The van der Waals surface area contributed by atoms with Crippen LogP contribution in [0.25, 0.3) is 0 Å². The average molecular weight is 212 g/mol. The van der Waals surface area contributed by atoms with Gasteiger partial charge in [-0.1, -0.05) is 6.42 Å². The Hall–Kier alpha value is -0.610. The largest absolute Gasteiger partial charge is 0.390 e. The third kappa shape index (κ3) is 1.53. The Kier molecular flexibility index (Phi) is 2.74. The maximum absolute atomic E-state index is 9.17. The molecule has 1 heterocycles. The molecule has 0 spiro atoms. The van der Waals surface area contributed by atoms with Gasteiger partial charge >= 0.3 is 0 Å². The van der Waals surface area contributed by atoms with Crippen molar-refractivity contribution in [1.82, 2.24) is 9.55 Å². The smallest absolute Gasteiger partial charge is 0.177 e. The molecular weight excluding hydrogens is 196 g/mol. The summed E-state index contributed by atoms with van der Waals surface area (Å²) in [5.74, 6) is 0.739. The van der Waals surface area contributed by atoms with Crippen LogP contribution in [0, 0.1) is 10.7 Å². The first-order valence-electron chi connectivity index (χ1n) is 5.13. The lowest BCUT2D eigenvalue weighted by Crippen LogP contribution is -2.24. The summed E-state index contributed by atoms with van der Waals surface area (Å²) in [7, 11) is 0. The Balaban J connectivity index is 2.28. The van der Waals surface area contributed by atoms with Crippen molar-refractivity contribution < 1.29 is 5.11 Å². The molecule has 1 saturated carbocycles. The van der Waals surface area contributed by atoms with E-state index in [1.54, 1.807) is 6.20 Å². The van der Waals surface area contributed by atoms with E-state index in [-0.39, 0.29) is 6.61 Å². The number of hydrogen-bond donors (Lipinski definition) is 2. The van der Waals surface area contributed by atoms with E-state index >= 15 is 0 Å². The summed E-state index contributed by atoms with van der Waals surface area (Å²) in [5.41, 5.74) is 0.898. The second-order valence-electron chi connectivity index (χ2n) is 4.04. The van der Waals surface area contributed by atoms with Crippen molar-refractivity contribution in [3.8, 4) is 0 Å². The molecule has 4 heteroatoms. The Morgan fingerprint density at radius 3 is 2.93 bits per heavy atom. The van der Waals surface area contributed by atoms with Crippen LogP contribution in [0.1, 0.15) is 37.9 Å². The monoisotopic (exact) mass is 212 g/mol. The molecule has 0 saturated heterocycles. The molecule has 1 atom stereocenters. The first-order chi connectivity index (χ1) is 6.74. The summed E-state index contributed by atoms with van der Waals surface area (Å²) in [6.45, 7) is 2.25. The minimum Gasteiger partial charge on any atom is -0.390 e. The van der Waals surface area contributed by atoms with E-state index in [9.17, 15) is 0 Å². The summed E-state index contributed by atoms with van der Waals surface area (Å²) < 4.78 is 2.78. The lowest BCUT2D eigenvalue weighted by Gasteiger charge is -2.32. The number of imidazole rings is 1. The SMILES string of the molecule is CC(C1CCC1)n1c(CO)c[nH]c1=S. The van der Waals surface area contributed by atoms with Crippen molar-refractivity contribution in [3.05, 3.63) is 16.7 Å². The summed E-state index contributed by atoms with van der Waals surface area (Å²) in [6.07, 6.45) is 5.72. The van der Waals surface area contributed by atoms with Crippen LogP contribution in [-0.4, -0.2) is 14.7 Å². The van der Waals surface area contributed by atoms with Gasteiger partial charge in [-0.2, -0.15) is 0 Å². The fourth-order valence-electron chi connectivity index (χ4n) is 2.12. The quantitative estimate of drug-likeness (QED) is 0.755. The normalized spacial score (nSPS) is 19.3. The zero-order chi connectivity index (χ0) is 10.1. The van der Waals surface area contributed by atoms with Gasteiger partial charge in [0, 0.05) is 12.2 Å². The molecule has 1 aromatic rings. The molecule has 0 bridgehead atoms. The third-order valence-corrected chi connectivity index (χ3v) is 3.61. The summed E-state index contributed by atoms with van der Waals surface area (Å²) in [5, 5.41) is 9.17. The number of aliphatic hydroxyl groups excluding tert-OH is 1. The number of H-pyrrole nitrogens is 1. The molecule has 0 radical (unpaired) electrons. The van der Waals surface area contributed by atoms with Crippen LogP contribution in [0.2, 0.25) is 0 Å². The Morgan fingerprint density at radius 1 is 1.71 bits per heavy atom. The first-order valence-corrected chi connectivity index (χ1v) is 5.54. The maximum atomic E-state index is 9.17. The fraction of sp³-hybridized carbons (Fsp3) is 0.700. The van der Waals surface area contributed by atoms with Gasteiger partial charge in [0.1, 0.15) is 0 Å². The van der Waals surface area contributed by atoms with Crippen LogP contribution in [0.3, 0.4) is 0 Å². The predicted molar refractivity (Wildman–Crippen MR) is 57.6 cm³/mol. The van der Waals surface area contributed by atoms with Crippen molar-refractivity contribution in [2.75, 3.05) is 0 Å². The minimum absolute atomic E-state index is 0.0597. The number of nitrogens with one attached hydrogen (secondary N) is 1. The molecule has 0 amide bonds. The highest BCUT2D eigenvalue weighted by Crippen LogP contribution is 2.36. The van der Waals surface area contributed by atoms with Crippen LogP contribution >= 0.6 is 12.2 Å². The maximum Gasteiger partial charge on any atom is 0.177 e. The van der Waals surface area contributed by atoms with Crippen molar-refractivity contribution in [2.45, 2.75) is 38.8 Å². The van der Waals surface area contributed by atoms with E-state index in [0.717, 1.165) is 16.4 Å². The summed E-state index contributed by atoms with van der Waals surface area (Å²) in [4.78, 5) is 2.99. The van der Waals surface area contributed by atoms with E-state index in [0.29, 0.717) is 6.04 Å². The second-order valence-corrected chi connectivity index (χ2v) is 4.43. The topological polar surface area (TPSA) is 41.0 Å². The minimum atomic E-state index is 0.0597. The number of aromatic amines is 1. The highest BCUT2D eigenvalue weighted by molar-refractivity contribution is 7.71. The predicted octanol–water partition coefficient (Wildman–Crippen LogP) is 2.40. The number of rotatable bonds is 3. The van der Waals surface area contributed by atoms with Crippen LogP contribution in [-0.2, 0) is 6.61 Å². The average Bonchev–Trinajstić information content (AvgIpc) is 2.43.